The Kier molecular flexibility index (Phi) is 6.30. The van der Waals surface area contributed by atoms with Crippen LogP contribution in [0.3, 0.4) is 0 Å². The van der Waals surface area contributed by atoms with Crippen LogP contribution in [-0.4, -0.2) is 40.7 Å². The van der Waals surface area contributed by atoms with E-state index in [0.717, 1.165) is 5.75 Å². The first-order valence-corrected chi connectivity index (χ1v) is 4.55. The summed E-state index contributed by atoms with van der Waals surface area (Å²) in [6, 6.07) is 0. The molecule has 0 aliphatic carbocycles. The second-order valence-electron chi connectivity index (χ2n) is 2.05. The number of carbonyl (C=O) groups excluding carboxylic acids is 1. The molecule has 0 fully saturated rings. The lowest BCUT2D eigenvalue weighted by atomic mass is 10.6. The van der Waals surface area contributed by atoms with Crippen molar-refractivity contribution in [3.05, 3.63) is 0 Å². The number of hydrogen-bond acceptors (Lipinski definition) is 4. The van der Waals surface area contributed by atoms with Gasteiger partial charge in [-0.3, -0.25) is 9.80 Å². The van der Waals surface area contributed by atoms with Crippen molar-refractivity contribution in [2.45, 2.75) is 6.92 Å². The van der Waals surface area contributed by atoms with Crippen molar-refractivity contribution < 1.29 is 9.90 Å². The van der Waals surface area contributed by atoms with E-state index >= 15 is 0 Å². The lowest BCUT2D eigenvalue weighted by Gasteiger charge is -2.12. The van der Waals surface area contributed by atoms with E-state index in [-0.39, 0.29) is 12.5 Å². The molecule has 0 spiro atoms. The molecule has 3 N–H and O–H groups in total. The van der Waals surface area contributed by atoms with E-state index in [2.05, 4.69) is 0 Å². The first-order chi connectivity index (χ1) is 5.18. The highest BCUT2D eigenvalue weighted by atomic mass is 32.2. The van der Waals surface area contributed by atoms with Gasteiger partial charge in [0, 0.05) is 25.0 Å². The minimum absolute atomic E-state index is 0.130. The molecule has 0 aromatic rings. The second kappa shape index (κ2) is 6.45. The van der Waals surface area contributed by atoms with E-state index in [1.54, 1.807) is 11.8 Å². The molecule has 5 heteroatoms. The summed E-state index contributed by atoms with van der Waals surface area (Å²) in [6.07, 6.45) is 0. The van der Waals surface area contributed by atoms with Crippen molar-refractivity contribution in [1.82, 2.24) is 5.01 Å². The molecule has 0 rings (SSSR count). The van der Waals surface area contributed by atoms with Gasteiger partial charge in [-0.15, -0.1) is 0 Å². The van der Waals surface area contributed by atoms with Crippen molar-refractivity contribution in [1.29, 1.82) is 0 Å². The van der Waals surface area contributed by atoms with Crippen molar-refractivity contribution >= 4 is 17.7 Å². The van der Waals surface area contributed by atoms with Gasteiger partial charge < -0.3 is 5.11 Å². The fraction of sp³-hybridized carbons (Fsp3) is 0.833. The van der Waals surface area contributed by atoms with Gasteiger partial charge in [-0.25, -0.2) is 5.84 Å². The Balaban J connectivity index is 3.17. The summed E-state index contributed by atoms with van der Waals surface area (Å²) in [4.78, 5) is 10.5. The van der Waals surface area contributed by atoms with Crippen LogP contribution in [0.5, 0.6) is 0 Å². The molecule has 0 radical (unpaired) electrons. The van der Waals surface area contributed by atoms with E-state index in [9.17, 15) is 4.79 Å². The second-order valence-corrected chi connectivity index (χ2v) is 3.27. The molecule has 11 heavy (non-hydrogen) atoms. The van der Waals surface area contributed by atoms with Crippen molar-refractivity contribution in [3.8, 4) is 0 Å². The summed E-state index contributed by atoms with van der Waals surface area (Å²) < 4.78 is 0. The molecular weight excluding hydrogens is 164 g/mol. The summed E-state index contributed by atoms with van der Waals surface area (Å²) in [5.41, 5.74) is 0. The number of thioether (sulfide) groups is 1. The van der Waals surface area contributed by atoms with Crippen LogP contribution in [0.15, 0.2) is 0 Å². The molecule has 0 aliphatic rings. The SMILES string of the molecule is CC(=O)N(N)CCSCCO. The highest BCUT2D eigenvalue weighted by molar-refractivity contribution is 7.99. The smallest absolute Gasteiger partial charge is 0.233 e. The van der Waals surface area contributed by atoms with Crippen molar-refractivity contribution in [3.63, 3.8) is 0 Å². The maximum Gasteiger partial charge on any atom is 0.233 e. The van der Waals surface area contributed by atoms with E-state index < -0.39 is 0 Å². The number of nitrogens with two attached hydrogens (primary N) is 1. The highest BCUT2D eigenvalue weighted by Gasteiger charge is 2.00. The molecule has 4 nitrogen and oxygen atoms in total. The third-order valence-electron chi connectivity index (χ3n) is 1.12. The van der Waals surface area contributed by atoms with Crippen LogP contribution in [0, 0.1) is 0 Å². The molecule has 0 saturated carbocycles. The van der Waals surface area contributed by atoms with Crippen LogP contribution < -0.4 is 5.84 Å². The minimum Gasteiger partial charge on any atom is -0.396 e. The number of aliphatic hydroxyl groups excluding tert-OH is 1. The number of hydrogen-bond donors (Lipinski definition) is 2. The average Bonchev–Trinajstić information content (AvgIpc) is 1.97. The number of carbonyl (C=O) groups is 1. The van der Waals surface area contributed by atoms with Crippen LogP contribution in [0.1, 0.15) is 6.92 Å². The Morgan fingerprint density at radius 3 is 2.73 bits per heavy atom. The Bertz CT molecular complexity index is 121. The average molecular weight is 178 g/mol. The first kappa shape index (κ1) is 10.7. The highest BCUT2D eigenvalue weighted by Crippen LogP contribution is 1.97. The molecule has 0 aliphatic heterocycles. The standard InChI is InChI=1S/C6H14N2O2S/c1-6(10)8(7)2-4-11-5-3-9/h9H,2-5,7H2,1H3. The molecule has 0 unspecified atom stereocenters. The topological polar surface area (TPSA) is 66.6 Å². The summed E-state index contributed by atoms with van der Waals surface area (Å²) in [6.45, 7) is 2.14. The van der Waals surface area contributed by atoms with Crippen LogP contribution in [-0.2, 0) is 4.79 Å². The number of hydrazine groups is 1. The van der Waals surface area contributed by atoms with Gasteiger partial charge in [0.2, 0.25) is 5.91 Å². The first-order valence-electron chi connectivity index (χ1n) is 3.40. The molecule has 0 aromatic heterocycles. The van der Waals surface area contributed by atoms with Crippen LogP contribution >= 0.6 is 11.8 Å². The van der Waals surface area contributed by atoms with Crippen LogP contribution in [0.4, 0.5) is 0 Å². The summed E-state index contributed by atoms with van der Waals surface area (Å²) >= 11 is 1.58. The number of rotatable bonds is 5. The van der Waals surface area contributed by atoms with E-state index in [4.69, 9.17) is 10.9 Å². The zero-order chi connectivity index (χ0) is 8.69. The summed E-state index contributed by atoms with van der Waals surface area (Å²) in [5.74, 6) is 6.65. The zero-order valence-corrected chi connectivity index (χ0v) is 7.43. The molecule has 0 aromatic carbocycles. The Morgan fingerprint density at radius 2 is 2.27 bits per heavy atom. The van der Waals surface area contributed by atoms with Gasteiger partial charge in [-0.2, -0.15) is 11.8 Å². The van der Waals surface area contributed by atoms with Crippen molar-refractivity contribution in [2.75, 3.05) is 24.7 Å². The van der Waals surface area contributed by atoms with Gasteiger partial charge >= 0.3 is 0 Å². The summed E-state index contributed by atoms with van der Waals surface area (Å²) in [7, 11) is 0. The third kappa shape index (κ3) is 6.15. The molecule has 0 atom stereocenters. The molecule has 0 saturated heterocycles. The van der Waals surface area contributed by atoms with Crippen molar-refractivity contribution in [2.24, 2.45) is 5.84 Å². The Hall–Kier alpha value is -0.260. The predicted molar refractivity (Wildman–Crippen MR) is 46.0 cm³/mol. The predicted octanol–water partition coefficient (Wildman–Crippen LogP) is -0.566. The lowest BCUT2D eigenvalue weighted by Crippen LogP contribution is -2.37. The van der Waals surface area contributed by atoms with Gasteiger partial charge in [0.05, 0.1) is 6.61 Å². The molecule has 1 amide bonds. The number of nitrogens with zero attached hydrogens (tertiary/aromatic N) is 1. The van der Waals surface area contributed by atoms with E-state index in [0.29, 0.717) is 12.3 Å². The maximum atomic E-state index is 10.5. The Labute approximate surface area is 70.7 Å². The van der Waals surface area contributed by atoms with E-state index in [1.165, 1.54) is 11.9 Å². The fourth-order valence-corrected chi connectivity index (χ4v) is 1.15. The van der Waals surface area contributed by atoms with Gasteiger partial charge in [-0.05, 0) is 0 Å². The zero-order valence-electron chi connectivity index (χ0n) is 6.62. The van der Waals surface area contributed by atoms with Gasteiger partial charge in [0.1, 0.15) is 0 Å². The van der Waals surface area contributed by atoms with Crippen LogP contribution in [0.2, 0.25) is 0 Å². The normalized spacial score (nSPS) is 9.73. The third-order valence-corrected chi connectivity index (χ3v) is 2.06. The van der Waals surface area contributed by atoms with E-state index in [1.807, 2.05) is 0 Å². The lowest BCUT2D eigenvalue weighted by molar-refractivity contribution is -0.128. The number of amides is 1. The number of aliphatic hydroxyl groups is 1. The summed E-state index contributed by atoms with van der Waals surface area (Å²) in [5, 5.41) is 9.58. The quantitative estimate of drug-likeness (QED) is 0.256. The Morgan fingerprint density at radius 1 is 1.64 bits per heavy atom. The molecular formula is C6H14N2O2S. The molecule has 0 heterocycles. The van der Waals surface area contributed by atoms with Crippen LogP contribution in [0.25, 0.3) is 0 Å². The molecule has 0 bridgehead atoms. The minimum atomic E-state index is -0.130. The largest absolute Gasteiger partial charge is 0.396 e. The molecule has 66 valence electrons. The maximum absolute atomic E-state index is 10.5. The van der Waals surface area contributed by atoms with Gasteiger partial charge in [-0.1, -0.05) is 0 Å². The fourth-order valence-electron chi connectivity index (χ4n) is 0.487. The van der Waals surface area contributed by atoms with Gasteiger partial charge in [0.15, 0.2) is 0 Å². The monoisotopic (exact) mass is 178 g/mol. The van der Waals surface area contributed by atoms with Gasteiger partial charge in [0.25, 0.3) is 0 Å².